The average molecular weight is 206 g/mol. The van der Waals surface area contributed by atoms with Crippen LogP contribution in [0.4, 0.5) is 0 Å². The third kappa shape index (κ3) is 2.19. The van der Waals surface area contributed by atoms with Crippen molar-refractivity contribution in [3.63, 3.8) is 0 Å². The molecule has 82 valence electrons. The van der Waals surface area contributed by atoms with Crippen LogP contribution in [0.5, 0.6) is 0 Å². The van der Waals surface area contributed by atoms with Crippen LogP contribution in [0, 0.1) is 6.92 Å². The summed E-state index contributed by atoms with van der Waals surface area (Å²) in [5.74, 6) is 0. The molecule has 0 unspecified atom stereocenters. The smallest absolute Gasteiger partial charge is 0.0613 e. The Kier molecular flexibility index (Phi) is 3.03. The van der Waals surface area contributed by atoms with Crippen LogP contribution in [0.25, 0.3) is 0 Å². The zero-order valence-corrected chi connectivity index (χ0v) is 9.16. The van der Waals surface area contributed by atoms with E-state index in [1.807, 2.05) is 18.5 Å². The Bertz CT molecular complexity index is 329. The van der Waals surface area contributed by atoms with Gasteiger partial charge in [-0.3, -0.25) is 4.98 Å². The van der Waals surface area contributed by atoms with E-state index in [0.717, 1.165) is 19.4 Å². The van der Waals surface area contributed by atoms with Crippen molar-refractivity contribution in [3.8, 4) is 0 Å². The van der Waals surface area contributed by atoms with Crippen LogP contribution < -0.4 is 5.32 Å². The fraction of sp³-hybridized carbons (Fsp3) is 0.583. The quantitative estimate of drug-likeness (QED) is 0.782. The molecule has 1 heterocycles. The highest BCUT2D eigenvalue weighted by molar-refractivity contribution is 5.21. The van der Waals surface area contributed by atoms with Gasteiger partial charge in [-0.05, 0) is 43.4 Å². The standard InChI is InChI=1S/C12H18N2O/c1-10-3-6-13-7-11(10)8-14-12(9-15)4-2-5-12/h3,6-7,14-15H,2,4-5,8-9H2,1H3. The summed E-state index contributed by atoms with van der Waals surface area (Å²) < 4.78 is 0. The van der Waals surface area contributed by atoms with E-state index in [4.69, 9.17) is 0 Å². The molecule has 0 radical (unpaired) electrons. The number of nitrogens with zero attached hydrogens (tertiary/aromatic N) is 1. The first-order valence-electron chi connectivity index (χ1n) is 5.51. The second-order valence-electron chi connectivity index (χ2n) is 4.45. The molecule has 0 bridgehead atoms. The molecule has 0 atom stereocenters. The molecule has 3 heteroatoms. The number of aliphatic hydroxyl groups is 1. The Balaban J connectivity index is 1.95. The molecule has 3 nitrogen and oxygen atoms in total. The Morgan fingerprint density at radius 3 is 2.87 bits per heavy atom. The Hall–Kier alpha value is -0.930. The summed E-state index contributed by atoms with van der Waals surface area (Å²) in [6, 6.07) is 2.02. The van der Waals surface area contributed by atoms with Gasteiger partial charge in [0.1, 0.15) is 0 Å². The third-order valence-electron chi connectivity index (χ3n) is 3.41. The zero-order valence-electron chi connectivity index (χ0n) is 9.16. The van der Waals surface area contributed by atoms with E-state index in [-0.39, 0.29) is 12.1 Å². The molecule has 2 rings (SSSR count). The first-order valence-corrected chi connectivity index (χ1v) is 5.51. The number of hydrogen-bond acceptors (Lipinski definition) is 3. The minimum Gasteiger partial charge on any atom is -0.394 e. The van der Waals surface area contributed by atoms with E-state index in [2.05, 4.69) is 17.2 Å². The summed E-state index contributed by atoms with van der Waals surface area (Å²) in [6.07, 6.45) is 7.10. The van der Waals surface area contributed by atoms with Gasteiger partial charge in [0.05, 0.1) is 6.61 Å². The van der Waals surface area contributed by atoms with Gasteiger partial charge in [0, 0.05) is 24.5 Å². The first kappa shape index (κ1) is 10.6. The van der Waals surface area contributed by atoms with E-state index in [1.165, 1.54) is 17.5 Å². The molecule has 0 saturated heterocycles. The highest BCUT2D eigenvalue weighted by Crippen LogP contribution is 2.31. The normalized spacial score (nSPS) is 18.5. The Morgan fingerprint density at radius 2 is 2.33 bits per heavy atom. The van der Waals surface area contributed by atoms with E-state index >= 15 is 0 Å². The monoisotopic (exact) mass is 206 g/mol. The molecule has 0 aromatic carbocycles. The van der Waals surface area contributed by atoms with Gasteiger partial charge in [0.25, 0.3) is 0 Å². The highest BCUT2D eigenvalue weighted by atomic mass is 16.3. The van der Waals surface area contributed by atoms with Gasteiger partial charge in [-0.1, -0.05) is 0 Å². The molecule has 1 fully saturated rings. The maximum absolute atomic E-state index is 9.31. The predicted octanol–water partition coefficient (Wildman–Crippen LogP) is 1.39. The topological polar surface area (TPSA) is 45.2 Å². The number of rotatable bonds is 4. The lowest BCUT2D eigenvalue weighted by Crippen LogP contribution is -2.53. The number of nitrogens with one attached hydrogen (secondary N) is 1. The molecule has 1 aromatic heterocycles. The largest absolute Gasteiger partial charge is 0.394 e. The molecule has 0 amide bonds. The van der Waals surface area contributed by atoms with Gasteiger partial charge in [0.2, 0.25) is 0 Å². The summed E-state index contributed by atoms with van der Waals surface area (Å²) in [7, 11) is 0. The van der Waals surface area contributed by atoms with Crippen LogP contribution in [0.3, 0.4) is 0 Å². The fourth-order valence-electron chi connectivity index (χ4n) is 1.96. The zero-order chi connectivity index (χ0) is 10.7. The summed E-state index contributed by atoms with van der Waals surface area (Å²) >= 11 is 0. The average Bonchev–Trinajstić information content (AvgIpc) is 2.19. The van der Waals surface area contributed by atoms with E-state index < -0.39 is 0 Å². The van der Waals surface area contributed by atoms with Gasteiger partial charge in [-0.15, -0.1) is 0 Å². The SMILES string of the molecule is Cc1ccncc1CNC1(CO)CCC1. The van der Waals surface area contributed by atoms with Crippen molar-refractivity contribution in [2.24, 2.45) is 0 Å². The molecular formula is C12H18N2O. The van der Waals surface area contributed by atoms with Gasteiger partial charge in [0.15, 0.2) is 0 Å². The lowest BCUT2D eigenvalue weighted by atomic mass is 9.77. The maximum Gasteiger partial charge on any atom is 0.0613 e. The molecule has 0 aliphatic heterocycles. The number of aromatic nitrogens is 1. The van der Waals surface area contributed by atoms with Crippen molar-refractivity contribution >= 4 is 0 Å². The van der Waals surface area contributed by atoms with Crippen LogP contribution in [0.1, 0.15) is 30.4 Å². The highest BCUT2D eigenvalue weighted by Gasteiger charge is 2.35. The fourth-order valence-corrected chi connectivity index (χ4v) is 1.96. The molecule has 2 N–H and O–H groups in total. The van der Waals surface area contributed by atoms with Crippen molar-refractivity contribution in [1.29, 1.82) is 0 Å². The number of hydrogen-bond donors (Lipinski definition) is 2. The molecule has 1 aromatic rings. The van der Waals surface area contributed by atoms with Crippen molar-refractivity contribution < 1.29 is 5.11 Å². The summed E-state index contributed by atoms with van der Waals surface area (Å²) in [5.41, 5.74) is 2.46. The second kappa shape index (κ2) is 4.29. The van der Waals surface area contributed by atoms with Gasteiger partial charge < -0.3 is 10.4 Å². The van der Waals surface area contributed by atoms with E-state index in [1.54, 1.807) is 0 Å². The molecule has 1 aliphatic rings. The molecule has 1 aliphatic carbocycles. The number of pyridine rings is 1. The van der Waals surface area contributed by atoms with Crippen LogP contribution in [-0.4, -0.2) is 22.2 Å². The van der Waals surface area contributed by atoms with Crippen molar-refractivity contribution in [3.05, 3.63) is 29.6 Å². The first-order chi connectivity index (χ1) is 7.26. The Labute approximate surface area is 90.5 Å². The minimum atomic E-state index is -0.0116. The molecular weight excluding hydrogens is 188 g/mol. The molecule has 0 spiro atoms. The van der Waals surface area contributed by atoms with Crippen molar-refractivity contribution in [1.82, 2.24) is 10.3 Å². The van der Waals surface area contributed by atoms with Crippen LogP contribution in [0.15, 0.2) is 18.5 Å². The van der Waals surface area contributed by atoms with Gasteiger partial charge in [-0.2, -0.15) is 0 Å². The van der Waals surface area contributed by atoms with Crippen molar-refractivity contribution in [2.45, 2.75) is 38.3 Å². The molecule has 15 heavy (non-hydrogen) atoms. The lowest BCUT2D eigenvalue weighted by molar-refractivity contribution is 0.0871. The second-order valence-corrected chi connectivity index (χ2v) is 4.45. The maximum atomic E-state index is 9.31. The van der Waals surface area contributed by atoms with E-state index in [9.17, 15) is 5.11 Å². The van der Waals surface area contributed by atoms with Crippen LogP contribution in [-0.2, 0) is 6.54 Å². The van der Waals surface area contributed by atoms with Crippen molar-refractivity contribution in [2.75, 3.05) is 6.61 Å². The number of aliphatic hydroxyl groups excluding tert-OH is 1. The van der Waals surface area contributed by atoms with Crippen LogP contribution >= 0.6 is 0 Å². The minimum absolute atomic E-state index is 0.0116. The van der Waals surface area contributed by atoms with E-state index in [0.29, 0.717) is 0 Å². The lowest BCUT2D eigenvalue weighted by Gasteiger charge is -2.41. The summed E-state index contributed by atoms with van der Waals surface area (Å²) in [4.78, 5) is 4.11. The third-order valence-corrected chi connectivity index (χ3v) is 3.41. The van der Waals surface area contributed by atoms with Crippen LogP contribution in [0.2, 0.25) is 0 Å². The van der Waals surface area contributed by atoms with Gasteiger partial charge in [-0.25, -0.2) is 0 Å². The number of aryl methyl sites for hydroxylation is 1. The predicted molar refractivity (Wildman–Crippen MR) is 59.5 cm³/mol. The summed E-state index contributed by atoms with van der Waals surface area (Å²) in [5, 5.41) is 12.8. The molecule has 1 saturated carbocycles. The Morgan fingerprint density at radius 1 is 1.53 bits per heavy atom. The van der Waals surface area contributed by atoms with Gasteiger partial charge >= 0.3 is 0 Å². The summed E-state index contributed by atoms with van der Waals surface area (Å²) in [6.45, 7) is 3.14.